The number of nitrogens with zero attached hydrogens (tertiary/aromatic N) is 1. The summed E-state index contributed by atoms with van der Waals surface area (Å²) >= 11 is 0. The Morgan fingerprint density at radius 1 is 0.857 bits per heavy atom. The van der Waals surface area contributed by atoms with Crippen LogP contribution < -0.4 is 14.2 Å². The summed E-state index contributed by atoms with van der Waals surface area (Å²) in [7, 11) is 4.50. The van der Waals surface area contributed by atoms with Crippen molar-refractivity contribution in [2.75, 3.05) is 21.3 Å². The van der Waals surface area contributed by atoms with E-state index in [0.717, 1.165) is 16.7 Å². The predicted molar refractivity (Wildman–Crippen MR) is 106 cm³/mol. The van der Waals surface area contributed by atoms with E-state index in [4.69, 9.17) is 14.2 Å². The lowest BCUT2D eigenvalue weighted by Crippen LogP contribution is -2.05. The molecule has 0 fully saturated rings. The highest BCUT2D eigenvalue weighted by atomic mass is 16.5. The third-order valence-corrected chi connectivity index (χ3v) is 4.47. The number of carbonyl (C=O) groups is 1. The number of aromatic hydroxyl groups is 1. The van der Waals surface area contributed by atoms with E-state index in [1.807, 2.05) is 19.1 Å². The Kier molecular flexibility index (Phi) is 5.49. The molecule has 1 aromatic heterocycles. The minimum atomic E-state index is -0.232. The van der Waals surface area contributed by atoms with Gasteiger partial charge in [0, 0.05) is 29.1 Å². The third kappa shape index (κ3) is 3.62. The number of phenolic OH excluding ortho intramolecular Hbond substituents is 1. The summed E-state index contributed by atoms with van der Waals surface area (Å²) in [6.07, 6.45) is 3.15. The number of ketones is 1. The largest absolute Gasteiger partial charge is 0.508 e. The van der Waals surface area contributed by atoms with Crippen LogP contribution in [0.4, 0.5) is 0 Å². The lowest BCUT2D eigenvalue weighted by atomic mass is 9.99. The highest BCUT2D eigenvalue weighted by Crippen LogP contribution is 2.38. The molecule has 0 aliphatic carbocycles. The number of rotatable bonds is 6. The monoisotopic (exact) mass is 379 g/mol. The number of ether oxygens (including phenoxy) is 3. The second-order valence-corrected chi connectivity index (χ2v) is 6.21. The molecule has 2 aromatic carbocycles. The maximum absolute atomic E-state index is 13.0. The number of benzene rings is 2. The van der Waals surface area contributed by atoms with Crippen LogP contribution in [0.1, 0.15) is 21.5 Å². The van der Waals surface area contributed by atoms with Crippen LogP contribution in [0.2, 0.25) is 0 Å². The van der Waals surface area contributed by atoms with E-state index < -0.39 is 0 Å². The van der Waals surface area contributed by atoms with Crippen molar-refractivity contribution in [3.8, 4) is 34.1 Å². The number of aryl methyl sites for hydroxylation is 1. The second kappa shape index (κ2) is 8.00. The molecular formula is C22H21NO5. The smallest absolute Gasteiger partial charge is 0.203 e. The zero-order chi connectivity index (χ0) is 20.3. The number of methoxy groups -OCH3 is 3. The first-order valence-electron chi connectivity index (χ1n) is 8.58. The van der Waals surface area contributed by atoms with Gasteiger partial charge >= 0.3 is 0 Å². The summed E-state index contributed by atoms with van der Waals surface area (Å²) in [6, 6.07) is 10.3. The molecule has 0 saturated carbocycles. The van der Waals surface area contributed by atoms with Crippen molar-refractivity contribution in [1.29, 1.82) is 0 Å². The van der Waals surface area contributed by atoms with Gasteiger partial charge in [0.25, 0.3) is 0 Å². The number of hydrogen-bond acceptors (Lipinski definition) is 6. The van der Waals surface area contributed by atoms with Crippen LogP contribution >= 0.6 is 0 Å². The first-order valence-corrected chi connectivity index (χ1v) is 8.58. The molecule has 1 heterocycles. The van der Waals surface area contributed by atoms with Crippen molar-refractivity contribution < 1.29 is 24.1 Å². The third-order valence-electron chi connectivity index (χ3n) is 4.47. The van der Waals surface area contributed by atoms with Gasteiger partial charge in [0.1, 0.15) is 5.75 Å². The SMILES string of the molecule is COc1cc(C(=O)c2cncc(-c3ccc(C)c(O)c3)c2)cc(OC)c1OC. The zero-order valence-electron chi connectivity index (χ0n) is 16.1. The molecule has 3 rings (SSSR count). The van der Waals surface area contributed by atoms with Crippen LogP contribution in [0.5, 0.6) is 23.0 Å². The minimum absolute atomic E-state index is 0.193. The Morgan fingerprint density at radius 3 is 2.11 bits per heavy atom. The number of hydrogen-bond donors (Lipinski definition) is 1. The summed E-state index contributed by atoms with van der Waals surface area (Å²) in [5, 5.41) is 9.96. The van der Waals surface area contributed by atoms with Crippen molar-refractivity contribution in [3.63, 3.8) is 0 Å². The van der Waals surface area contributed by atoms with Crippen LogP contribution in [0.25, 0.3) is 11.1 Å². The van der Waals surface area contributed by atoms with Gasteiger partial charge in [0.15, 0.2) is 17.3 Å². The van der Waals surface area contributed by atoms with Gasteiger partial charge in [-0.2, -0.15) is 0 Å². The van der Waals surface area contributed by atoms with Crippen molar-refractivity contribution in [3.05, 3.63) is 65.5 Å². The Hall–Kier alpha value is -3.54. The molecule has 0 aliphatic rings. The number of carbonyl (C=O) groups excluding carboxylic acids is 1. The fraction of sp³-hybridized carbons (Fsp3) is 0.182. The van der Waals surface area contributed by atoms with Gasteiger partial charge in [0.2, 0.25) is 5.75 Å². The van der Waals surface area contributed by atoms with E-state index in [0.29, 0.717) is 28.4 Å². The van der Waals surface area contributed by atoms with Gasteiger partial charge < -0.3 is 19.3 Å². The van der Waals surface area contributed by atoms with E-state index in [1.54, 1.807) is 30.5 Å². The van der Waals surface area contributed by atoms with E-state index in [1.165, 1.54) is 27.5 Å². The van der Waals surface area contributed by atoms with E-state index >= 15 is 0 Å². The Bertz CT molecular complexity index is 1000. The van der Waals surface area contributed by atoms with Crippen molar-refractivity contribution >= 4 is 5.78 Å². The average Bonchev–Trinajstić information content (AvgIpc) is 2.74. The molecule has 0 bridgehead atoms. The Balaban J connectivity index is 2.02. The first-order chi connectivity index (χ1) is 13.5. The molecule has 3 aromatic rings. The molecule has 6 nitrogen and oxygen atoms in total. The molecule has 0 saturated heterocycles. The molecule has 144 valence electrons. The van der Waals surface area contributed by atoms with Gasteiger partial charge in [-0.05, 0) is 42.3 Å². The number of aromatic nitrogens is 1. The van der Waals surface area contributed by atoms with Crippen molar-refractivity contribution in [1.82, 2.24) is 4.98 Å². The molecule has 0 spiro atoms. The lowest BCUT2D eigenvalue weighted by Gasteiger charge is -2.14. The second-order valence-electron chi connectivity index (χ2n) is 6.21. The van der Waals surface area contributed by atoms with Gasteiger partial charge in [0.05, 0.1) is 21.3 Å². The van der Waals surface area contributed by atoms with Gasteiger partial charge in [-0.1, -0.05) is 12.1 Å². The average molecular weight is 379 g/mol. The zero-order valence-corrected chi connectivity index (χ0v) is 16.1. The molecule has 0 radical (unpaired) electrons. The molecule has 0 aliphatic heterocycles. The van der Waals surface area contributed by atoms with Gasteiger partial charge in [-0.15, -0.1) is 0 Å². The Labute approximate surface area is 163 Å². The molecular weight excluding hydrogens is 358 g/mol. The Morgan fingerprint density at radius 2 is 1.54 bits per heavy atom. The van der Waals surface area contributed by atoms with Crippen LogP contribution in [0.3, 0.4) is 0 Å². The first kappa shape index (κ1) is 19.2. The van der Waals surface area contributed by atoms with Crippen LogP contribution in [0, 0.1) is 6.92 Å². The van der Waals surface area contributed by atoms with Crippen molar-refractivity contribution in [2.24, 2.45) is 0 Å². The van der Waals surface area contributed by atoms with Crippen LogP contribution in [-0.2, 0) is 0 Å². The fourth-order valence-corrected chi connectivity index (χ4v) is 2.89. The summed E-state index contributed by atoms with van der Waals surface area (Å²) in [5.41, 5.74) is 3.08. The van der Waals surface area contributed by atoms with E-state index in [-0.39, 0.29) is 11.5 Å². The van der Waals surface area contributed by atoms with Gasteiger partial charge in [-0.25, -0.2) is 0 Å². The van der Waals surface area contributed by atoms with Crippen molar-refractivity contribution in [2.45, 2.75) is 6.92 Å². The highest BCUT2D eigenvalue weighted by Gasteiger charge is 2.18. The molecule has 28 heavy (non-hydrogen) atoms. The minimum Gasteiger partial charge on any atom is -0.508 e. The lowest BCUT2D eigenvalue weighted by molar-refractivity contribution is 0.103. The van der Waals surface area contributed by atoms with Gasteiger partial charge in [-0.3, -0.25) is 9.78 Å². The maximum atomic E-state index is 13.0. The number of phenols is 1. The molecule has 0 atom stereocenters. The standard InChI is InChI=1S/C22H21NO5/c1-13-5-6-14(8-18(13)24)16-7-17(12-23-11-16)21(25)15-9-19(26-2)22(28-4)20(10-15)27-3/h5-12,24H,1-4H3. The molecule has 1 N–H and O–H groups in total. The molecule has 6 heteroatoms. The molecule has 0 unspecified atom stereocenters. The summed E-state index contributed by atoms with van der Waals surface area (Å²) in [5.74, 6) is 1.18. The maximum Gasteiger partial charge on any atom is 0.203 e. The normalized spacial score (nSPS) is 10.4. The molecule has 0 amide bonds. The number of pyridine rings is 1. The topological polar surface area (TPSA) is 77.9 Å². The van der Waals surface area contributed by atoms with E-state index in [9.17, 15) is 9.90 Å². The van der Waals surface area contributed by atoms with Crippen LogP contribution in [0.15, 0.2) is 48.8 Å². The van der Waals surface area contributed by atoms with Crippen LogP contribution in [-0.4, -0.2) is 37.2 Å². The summed E-state index contributed by atoms with van der Waals surface area (Å²) in [6.45, 7) is 1.82. The highest BCUT2D eigenvalue weighted by molar-refractivity contribution is 6.10. The fourth-order valence-electron chi connectivity index (χ4n) is 2.89. The summed E-state index contributed by atoms with van der Waals surface area (Å²) < 4.78 is 15.9. The predicted octanol–water partition coefficient (Wildman–Crippen LogP) is 4.02. The summed E-state index contributed by atoms with van der Waals surface area (Å²) in [4.78, 5) is 17.2. The van der Waals surface area contributed by atoms with E-state index in [2.05, 4.69) is 4.98 Å². The quantitative estimate of drug-likeness (QED) is 0.652.